The highest BCUT2D eigenvalue weighted by atomic mass is 35.5. The van der Waals surface area contributed by atoms with Gasteiger partial charge in [0, 0.05) is 24.9 Å². The van der Waals surface area contributed by atoms with Gasteiger partial charge in [-0.15, -0.1) is 11.6 Å². The molecule has 0 aromatic carbocycles. The molecule has 0 N–H and O–H groups in total. The minimum Gasteiger partial charge on any atom is -0.342 e. The van der Waals surface area contributed by atoms with E-state index in [4.69, 9.17) is 11.6 Å². The van der Waals surface area contributed by atoms with Crippen LogP contribution in [-0.2, 0) is 4.79 Å². The molecule has 1 saturated heterocycles. The van der Waals surface area contributed by atoms with Crippen molar-refractivity contribution in [1.82, 2.24) is 4.90 Å². The Kier molecular flexibility index (Phi) is 5.21. The number of carbonyl (C=O) groups excluding carboxylic acids is 1. The lowest BCUT2D eigenvalue weighted by Gasteiger charge is -2.38. The Balaban J connectivity index is 2.05. The van der Waals surface area contributed by atoms with E-state index in [0.29, 0.717) is 31.8 Å². The number of hydrogen-bond donors (Lipinski definition) is 0. The van der Waals surface area contributed by atoms with E-state index in [1.54, 1.807) is 4.90 Å². The highest BCUT2D eigenvalue weighted by Gasteiger charge is 2.49. The van der Waals surface area contributed by atoms with Crippen LogP contribution in [0.3, 0.4) is 0 Å². The van der Waals surface area contributed by atoms with Gasteiger partial charge >= 0.3 is 6.18 Å². The summed E-state index contributed by atoms with van der Waals surface area (Å²) in [5.74, 6) is -1.95. The molecule has 2 aliphatic rings. The number of halogens is 4. The van der Waals surface area contributed by atoms with E-state index < -0.39 is 18.0 Å². The molecule has 3 atom stereocenters. The second kappa shape index (κ2) is 6.54. The van der Waals surface area contributed by atoms with Crippen LogP contribution in [0.5, 0.6) is 0 Å². The summed E-state index contributed by atoms with van der Waals surface area (Å²) in [5, 5.41) is 0. The summed E-state index contributed by atoms with van der Waals surface area (Å²) < 4.78 is 39.2. The average Bonchev–Trinajstić information content (AvgIpc) is 2.45. The largest absolute Gasteiger partial charge is 0.392 e. The van der Waals surface area contributed by atoms with Crippen LogP contribution in [0.1, 0.15) is 38.5 Å². The van der Waals surface area contributed by atoms with Crippen LogP contribution in [0.4, 0.5) is 13.2 Å². The molecule has 0 radical (unpaired) electrons. The van der Waals surface area contributed by atoms with Crippen LogP contribution in [-0.4, -0.2) is 36.0 Å². The van der Waals surface area contributed by atoms with E-state index in [-0.39, 0.29) is 18.2 Å². The lowest BCUT2D eigenvalue weighted by atomic mass is 9.77. The van der Waals surface area contributed by atoms with Gasteiger partial charge in [-0.3, -0.25) is 4.79 Å². The first-order valence-corrected chi connectivity index (χ1v) is 7.88. The van der Waals surface area contributed by atoms with Gasteiger partial charge in [0.2, 0.25) is 5.91 Å². The Morgan fingerprint density at radius 3 is 2.50 bits per heavy atom. The summed E-state index contributed by atoms with van der Waals surface area (Å²) in [7, 11) is 0. The van der Waals surface area contributed by atoms with Crippen molar-refractivity contribution in [3.63, 3.8) is 0 Å². The van der Waals surface area contributed by atoms with Gasteiger partial charge in [-0.2, -0.15) is 13.2 Å². The summed E-state index contributed by atoms with van der Waals surface area (Å²) in [4.78, 5) is 14.1. The van der Waals surface area contributed by atoms with Crippen molar-refractivity contribution in [2.45, 2.75) is 44.7 Å². The fraction of sp³-hybridized carbons (Fsp3) is 0.929. The molecule has 3 unspecified atom stereocenters. The monoisotopic (exact) mass is 311 g/mol. The Bertz CT molecular complexity index is 348. The molecular weight excluding hydrogens is 291 g/mol. The molecule has 1 heterocycles. The molecule has 1 amide bonds. The first-order chi connectivity index (χ1) is 9.43. The van der Waals surface area contributed by atoms with Gasteiger partial charge in [0.05, 0.1) is 5.92 Å². The third-order valence-corrected chi connectivity index (χ3v) is 4.99. The second-order valence-corrected chi connectivity index (χ2v) is 6.29. The maximum Gasteiger partial charge on any atom is 0.392 e. The fourth-order valence-electron chi connectivity index (χ4n) is 3.44. The topological polar surface area (TPSA) is 20.3 Å². The van der Waals surface area contributed by atoms with Gasteiger partial charge in [0.1, 0.15) is 0 Å². The van der Waals surface area contributed by atoms with Crippen molar-refractivity contribution >= 4 is 17.5 Å². The summed E-state index contributed by atoms with van der Waals surface area (Å²) in [6, 6.07) is 0. The standard InChI is InChI=1S/C14H21ClF3NO/c15-8-10-4-3-7-19(9-10)13(20)11-5-1-2-6-12(11)14(16,17)18/h10-12H,1-9H2. The van der Waals surface area contributed by atoms with Crippen LogP contribution in [0.15, 0.2) is 0 Å². The van der Waals surface area contributed by atoms with Crippen molar-refractivity contribution < 1.29 is 18.0 Å². The number of alkyl halides is 4. The minimum atomic E-state index is -4.26. The van der Waals surface area contributed by atoms with Crippen LogP contribution < -0.4 is 0 Å². The van der Waals surface area contributed by atoms with E-state index >= 15 is 0 Å². The molecule has 1 saturated carbocycles. The molecule has 0 spiro atoms. The minimum absolute atomic E-state index is 0.0900. The number of piperidine rings is 1. The molecular formula is C14H21ClF3NO. The summed E-state index contributed by atoms with van der Waals surface area (Å²) in [5.41, 5.74) is 0. The zero-order chi connectivity index (χ0) is 14.8. The number of carbonyl (C=O) groups is 1. The molecule has 2 fully saturated rings. The smallest absolute Gasteiger partial charge is 0.342 e. The number of nitrogens with zero attached hydrogens (tertiary/aromatic N) is 1. The van der Waals surface area contributed by atoms with Crippen LogP contribution >= 0.6 is 11.6 Å². The normalized spacial score (nSPS) is 32.2. The van der Waals surface area contributed by atoms with Gasteiger partial charge in [0.25, 0.3) is 0 Å². The van der Waals surface area contributed by atoms with Crippen LogP contribution in [0, 0.1) is 17.8 Å². The second-order valence-electron chi connectivity index (χ2n) is 5.99. The van der Waals surface area contributed by atoms with Gasteiger partial charge < -0.3 is 4.90 Å². The predicted molar refractivity (Wildman–Crippen MR) is 71.5 cm³/mol. The summed E-state index contributed by atoms with van der Waals surface area (Å²) >= 11 is 5.82. The third-order valence-electron chi connectivity index (χ3n) is 4.55. The Morgan fingerprint density at radius 2 is 1.85 bits per heavy atom. The van der Waals surface area contributed by atoms with E-state index in [2.05, 4.69) is 0 Å². The van der Waals surface area contributed by atoms with Crippen molar-refractivity contribution in [3.05, 3.63) is 0 Å². The SMILES string of the molecule is O=C(C1CCCCC1C(F)(F)F)N1CCCC(CCl)C1. The van der Waals surface area contributed by atoms with Crippen molar-refractivity contribution in [2.75, 3.05) is 19.0 Å². The maximum atomic E-state index is 13.1. The Labute approximate surface area is 122 Å². The fourth-order valence-corrected chi connectivity index (χ4v) is 3.70. The molecule has 6 heteroatoms. The number of hydrogen-bond acceptors (Lipinski definition) is 1. The van der Waals surface area contributed by atoms with E-state index in [1.165, 1.54) is 0 Å². The molecule has 0 aromatic rings. The molecule has 2 nitrogen and oxygen atoms in total. The summed E-state index contributed by atoms with van der Waals surface area (Å²) in [6.45, 7) is 1.09. The number of rotatable bonds is 2. The highest BCUT2D eigenvalue weighted by Crippen LogP contribution is 2.42. The van der Waals surface area contributed by atoms with Gasteiger partial charge in [-0.05, 0) is 31.6 Å². The Morgan fingerprint density at radius 1 is 1.15 bits per heavy atom. The quantitative estimate of drug-likeness (QED) is 0.710. The third kappa shape index (κ3) is 3.60. The van der Waals surface area contributed by atoms with Gasteiger partial charge in [-0.1, -0.05) is 12.8 Å². The number of amides is 1. The van der Waals surface area contributed by atoms with E-state index in [1.807, 2.05) is 0 Å². The lowest BCUT2D eigenvalue weighted by molar-refractivity contribution is -0.201. The van der Waals surface area contributed by atoms with E-state index in [0.717, 1.165) is 19.3 Å². The molecule has 2 rings (SSSR count). The van der Waals surface area contributed by atoms with Crippen LogP contribution in [0.2, 0.25) is 0 Å². The molecule has 116 valence electrons. The predicted octanol–water partition coefficient (Wildman–Crippen LogP) is 3.83. The van der Waals surface area contributed by atoms with Crippen molar-refractivity contribution in [2.24, 2.45) is 17.8 Å². The summed E-state index contributed by atoms with van der Waals surface area (Å²) in [6.07, 6.45) is -0.721. The molecule has 0 aromatic heterocycles. The highest BCUT2D eigenvalue weighted by molar-refractivity contribution is 6.18. The van der Waals surface area contributed by atoms with E-state index in [9.17, 15) is 18.0 Å². The first-order valence-electron chi connectivity index (χ1n) is 7.35. The molecule has 0 bridgehead atoms. The lowest BCUT2D eigenvalue weighted by Crippen LogP contribution is -2.48. The Hall–Kier alpha value is -0.450. The first kappa shape index (κ1) is 15.9. The molecule has 20 heavy (non-hydrogen) atoms. The molecule has 1 aliphatic carbocycles. The van der Waals surface area contributed by atoms with Crippen molar-refractivity contribution in [1.29, 1.82) is 0 Å². The van der Waals surface area contributed by atoms with Gasteiger partial charge in [0.15, 0.2) is 0 Å². The number of likely N-dealkylation sites (tertiary alicyclic amines) is 1. The average molecular weight is 312 g/mol. The van der Waals surface area contributed by atoms with Crippen LogP contribution in [0.25, 0.3) is 0 Å². The zero-order valence-corrected chi connectivity index (χ0v) is 12.2. The zero-order valence-electron chi connectivity index (χ0n) is 11.5. The maximum absolute atomic E-state index is 13.1. The van der Waals surface area contributed by atoms with Gasteiger partial charge in [-0.25, -0.2) is 0 Å². The molecule has 1 aliphatic heterocycles. The van der Waals surface area contributed by atoms with Crippen molar-refractivity contribution in [3.8, 4) is 0 Å².